The normalized spacial score (nSPS) is 18.1. The Balaban J connectivity index is 1.80. The SMILES string of the molecule is OC1CCc2c(OCc3cnoc3)cccc21. The first-order chi connectivity index (χ1) is 8.34. The molecule has 17 heavy (non-hydrogen) atoms. The third-order valence-electron chi connectivity index (χ3n) is 3.07. The molecule has 0 fully saturated rings. The van der Waals surface area contributed by atoms with E-state index in [9.17, 15) is 5.11 Å². The summed E-state index contributed by atoms with van der Waals surface area (Å²) >= 11 is 0. The summed E-state index contributed by atoms with van der Waals surface area (Å²) in [6.45, 7) is 0.441. The van der Waals surface area contributed by atoms with Gasteiger partial charge in [-0.15, -0.1) is 0 Å². The van der Waals surface area contributed by atoms with Gasteiger partial charge in [0.15, 0.2) is 0 Å². The zero-order valence-corrected chi connectivity index (χ0v) is 9.30. The Morgan fingerprint density at radius 1 is 1.47 bits per heavy atom. The number of ether oxygens (including phenoxy) is 1. The number of aromatic nitrogens is 1. The maximum absolute atomic E-state index is 9.78. The van der Waals surface area contributed by atoms with E-state index in [2.05, 4.69) is 5.16 Å². The van der Waals surface area contributed by atoms with Crippen LogP contribution in [-0.4, -0.2) is 10.3 Å². The van der Waals surface area contributed by atoms with Gasteiger partial charge in [-0.25, -0.2) is 0 Å². The summed E-state index contributed by atoms with van der Waals surface area (Å²) in [6.07, 6.45) is 4.51. The predicted octanol–water partition coefficient (Wildman–Crippen LogP) is 2.23. The van der Waals surface area contributed by atoms with Crippen LogP contribution in [-0.2, 0) is 13.0 Å². The van der Waals surface area contributed by atoms with Crippen molar-refractivity contribution in [2.75, 3.05) is 0 Å². The fourth-order valence-corrected chi connectivity index (χ4v) is 2.19. The summed E-state index contributed by atoms with van der Waals surface area (Å²) < 4.78 is 10.5. The van der Waals surface area contributed by atoms with Crippen molar-refractivity contribution >= 4 is 0 Å². The van der Waals surface area contributed by atoms with Crippen LogP contribution in [0.3, 0.4) is 0 Å². The third kappa shape index (κ3) is 1.91. The number of hydrogen-bond acceptors (Lipinski definition) is 4. The van der Waals surface area contributed by atoms with Crippen molar-refractivity contribution in [3.63, 3.8) is 0 Å². The number of benzene rings is 1. The molecule has 1 aliphatic carbocycles. The van der Waals surface area contributed by atoms with E-state index in [0.717, 1.165) is 35.3 Å². The lowest BCUT2D eigenvalue weighted by Gasteiger charge is -2.10. The first-order valence-corrected chi connectivity index (χ1v) is 5.65. The Kier molecular flexibility index (Phi) is 2.57. The van der Waals surface area contributed by atoms with Crippen LogP contribution in [0.2, 0.25) is 0 Å². The van der Waals surface area contributed by atoms with Gasteiger partial charge in [0.05, 0.1) is 12.3 Å². The fourth-order valence-electron chi connectivity index (χ4n) is 2.19. The van der Waals surface area contributed by atoms with Crippen LogP contribution < -0.4 is 4.74 Å². The van der Waals surface area contributed by atoms with E-state index < -0.39 is 0 Å². The summed E-state index contributed by atoms with van der Waals surface area (Å²) in [7, 11) is 0. The topological polar surface area (TPSA) is 55.5 Å². The molecule has 4 nitrogen and oxygen atoms in total. The first kappa shape index (κ1) is 10.4. The first-order valence-electron chi connectivity index (χ1n) is 5.65. The highest BCUT2D eigenvalue weighted by Gasteiger charge is 2.23. The predicted molar refractivity (Wildman–Crippen MR) is 60.6 cm³/mol. The summed E-state index contributed by atoms with van der Waals surface area (Å²) in [6, 6.07) is 5.81. The van der Waals surface area contributed by atoms with Crippen molar-refractivity contribution in [2.24, 2.45) is 0 Å². The summed E-state index contributed by atoms with van der Waals surface area (Å²) in [5, 5.41) is 13.4. The molecular formula is C13H13NO3. The molecule has 1 aromatic carbocycles. The molecule has 1 heterocycles. The second-order valence-electron chi connectivity index (χ2n) is 4.20. The van der Waals surface area contributed by atoms with Crippen molar-refractivity contribution < 1.29 is 14.4 Å². The lowest BCUT2D eigenvalue weighted by atomic mass is 10.1. The van der Waals surface area contributed by atoms with Gasteiger partial charge in [-0.2, -0.15) is 0 Å². The minimum absolute atomic E-state index is 0.343. The van der Waals surface area contributed by atoms with Gasteiger partial charge in [0, 0.05) is 11.1 Å². The molecule has 88 valence electrons. The Bertz CT molecular complexity index is 507. The summed E-state index contributed by atoms with van der Waals surface area (Å²) in [5.74, 6) is 0.847. The van der Waals surface area contributed by atoms with Gasteiger partial charge in [-0.3, -0.25) is 0 Å². The maximum atomic E-state index is 9.78. The van der Waals surface area contributed by atoms with Crippen LogP contribution in [0.4, 0.5) is 0 Å². The minimum atomic E-state index is -0.343. The van der Waals surface area contributed by atoms with Crippen LogP contribution in [0.1, 0.15) is 29.2 Å². The summed E-state index contributed by atoms with van der Waals surface area (Å²) in [4.78, 5) is 0. The average Bonchev–Trinajstić information content (AvgIpc) is 2.97. The van der Waals surface area contributed by atoms with Gasteiger partial charge in [-0.05, 0) is 24.5 Å². The minimum Gasteiger partial charge on any atom is -0.488 e. The third-order valence-corrected chi connectivity index (χ3v) is 3.07. The molecule has 0 saturated carbocycles. The maximum Gasteiger partial charge on any atom is 0.130 e. The van der Waals surface area contributed by atoms with E-state index in [1.165, 1.54) is 0 Å². The average molecular weight is 231 g/mol. The lowest BCUT2D eigenvalue weighted by Crippen LogP contribution is -1.98. The van der Waals surface area contributed by atoms with Crippen LogP contribution in [0.25, 0.3) is 0 Å². The van der Waals surface area contributed by atoms with Gasteiger partial charge in [0.2, 0.25) is 0 Å². The Morgan fingerprint density at radius 2 is 2.41 bits per heavy atom. The zero-order valence-electron chi connectivity index (χ0n) is 9.30. The van der Waals surface area contributed by atoms with Crippen LogP contribution in [0.5, 0.6) is 5.75 Å². The molecular weight excluding hydrogens is 218 g/mol. The number of rotatable bonds is 3. The van der Waals surface area contributed by atoms with Gasteiger partial charge in [0.25, 0.3) is 0 Å². The van der Waals surface area contributed by atoms with Gasteiger partial charge in [0.1, 0.15) is 18.6 Å². The van der Waals surface area contributed by atoms with Crippen molar-refractivity contribution in [3.05, 3.63) is 47.3 Å². The zero-order chi connectivity index (χ0) is 11.7. The molecule has 0 amide bonds. The number of hydrogen-bond donors (Lipinski definition) is 1. The molecule has 1 N–H and O–H groups in total. The molecule has 0 radical (unpaired) electrons. The van der Waals surface area contributed by atoms with Crippen molar-refractivity contribution in [2.45, 2.75) is 25.6 Å². The molecule has 0 aliphatic heterocycles. The van der Waals surface area contributed by atoms with Crippen LogP contribution >= 0.6 is 0 Å². The van der Waals surface area contributed by atoms with Crippen molar-refractivity contribution in [1.82, 2.24) is 5.16 Å². The van der Waals surface area contributed by atoms with Crippen LogP contribution in [0.15, 0.2) is 35.2 Å². The smallest absolute Gasteiger partial charge is 0.130 e. The van der Waals surface area contributed by atoms with Gasteiger partial charge >= 0.3 is 0 Å². The number of fused-ring (bicyclic) bond motifs is 1. The Morgan fingerprint density at radius 3 is 3.24 bits per heavy atom. The van der Waals surface area contributed by atoms with E-state index >= 15 is 0 Å². The standard InChI is InChI=1S/C13H13NO3/c15-12-5-4-11-10(12)2-1-3-13(11)16-7-9-6-14-17-8-9/h1-3,6,8,12,15H,4-5,7H2. The number of aliphatic hydroxyl groups is 1. The second-order valence-corrected chi connectivity index (χ2v) is 4.20. The molecule has 1 unspecified atom stereocenters. The number of aliphatic hydroxyl groups excluding tert-OH is 1. The molecule has 0 saturated heterocycles. The molecule has 1 atom stereocenters. The highest BCUT2D eigenvalue weighted by atomic mass is 16.5. The van der Waals surface area contributed by atoms with E-state index in [-0.39, 0.29) is 6.10 Å². The van der Waals surface area contributed by atoms with E-state index in [1.54, 1.807) is 12.5 Å². The molecule has 2 aromatic rings. The van der Waals surface area contributed by atoms with Gasteiger partial charge in [-0.1, -0.05) is 17.3 Å². The van der Waals surface area contributed by atoms with E-state index in [1.807, 2.05) is 18.2 Å². The summed E-state index contributed by atoms with van der Waals surface area (Å²) in [5.41, 5.74) is 3.02. The lowest BCUT2D eigenvalue weighted by molar-refractivity contribution is 0.180. The molecule has 0 spiro atoms. The second kappa shape index (κ2) is 4.22. The largest absolute Gasteiger partial charge is 0.488 e. The Hall–Kier alpha value is -1.81. The number of nitrogens with zero attached hydrogens (tertiary/aromatic N) is 1. The van der Waals surface area contributed by atoms with E-state index in [4.69, 9.17) is 9.26 Å². The monoisotopic (exact) mass is 231 g/mol. The highest BCUT2D eigenvalue weighted by molar-refractivity contribution is 5.44. The molecule has 0 bridgehead atoms. The van der Waals surface area contributed by atoms with Crippen molar-refractivity contribution in [1.29, 1.82) is 0 Å². The molecule has 4 heteroatoms. The van der Waals surface area contributed by atoms with Gasteiger partial charge < -0.3 is 14.4 Å². The fraction of sp³-hybridized carbons (Fsp3) is 0.308. The Labute approximate surface area is 98.8 Å². The quantitative estimate of drug-likeness (QED) is 0.880. The van der Waals surface area contributed by atoms with Crippen molar-refractivity contribution in [3.8, 4) is 5.75 Å². The molecule has 1 aliphatic rings. The molecule has 1 aromatic heterocycles. The van der Waals surface area contributed by atoms with E-state index in [0.29, 0.717) is 6.61 Å². The van der Waals surface area contributed by atoms with Crippen LogP contribution in [0, 0.1) is 0 Å². The highest BCUT2D eigenvalue weighted by Crippen LogP contribution is 2.36. The molecule has 3 rings (SSSR count).